The summed E-state index contributed by atoms with van der Waals surface area (Å²) in [6, 6.07) is -1.54. The van der Waals surface area contributed by atoms with E-state index in [1.807, 2.05) is 0 Å². The molecule has 0 saturated carbocycles. The van der Waals surface area contributed by atoms with Crippen LogP contribution in [0.25, 0.3) is 0 Å². The summed E-state index contributed by atoms with van der Waals surface area (Å²) in [7, 11) is 0. The number of imide groups is 1. The summed E-state index contributed by atoms with van der Waals surface area (Å²) < 4.78 is 47.8. The molecule has 0 aromatic rings. The molecule has 2 unspecified atom stereocenters. The molecule has 0 bridgehead atoms. The fourth-order valence-electron chi connectivity index (χ4n) is 5.65. The Hall–Kier alpha value is -2.56. The van der Waals surface area contributed by atoms with Gasteiger partial charge in [0.15, 0.2) is 17.6 Å². The third kappa shape index (κ3) is 10.2. The zero-order valence-electron chi connectivity index (χ0n) is 30.9. The van der Waals surface area contributed by atoms with Crippen molar-refractivity contribution in [2.75, 3.05) is 13.2 Å². The normalized spacial score (nSPS) is 28.6. The number of carbonyl (C=O) groups excluding carboxylic acids is 3. The van der Waals surface area contributed by atoms with Crippen molar-refractivity contribution in [2.45, 2.75) is 174 Å². The smallest absolute Gasteiger partial charge is 0.420 e. The van der Waals surface area contributed by atoms with Gasteiger partial charge in [-0.05, 0) is 96.9 Å². The van der Waals surface area contributed by atoms with Crippen molar-refractivity contribution in [3.63, 3.8) is 0 Å². The van der Waals surface area contributed by atoms with Crippen molar-refractivity contribution in [1.82, 2.24) is 10.2 Å². The molecule has 0 aromatic carbocycles. The highest BCUT2D eigenvalue weighted by Crippen LogP contribution is 2.45. The molecule has 15 nitrogen and oxygen atoms in total. The SMILES string of the molecule is CC(C)(C)OCC(NC(=O)C(C)(C[C@H]1O[C@H]([C@H]2COC(C)(C)O2)[C@@H]2OC(C)(C)O[C@@H]21)N(C(=O)OC(C)(C)C)C(=O)OC(C)(C)C)C(=O)O. The third-order valence-electron chi connectivity index (χ3n) is 7.60. The van der Waals surface area contributed by atoms with Crippen LogP contribution in [0.3, 0.4) is 0 Å². The van der Waals surface area contributed by atoms with Crippen molar-refractivity contribution in [3.05, 3.63) is 0 Å². The molecule has 3 heterocycles. The van der Waals surface area contributed by atoms with Gasteiger partial charge in [0, 0.05) is 6.42 Å². The summed E-state index contributed by atoms with van der Waals surface area (Å²) in [6.07, 6.45) is -6.41. The van der Waals surface area contributed by atoms with E-state index >= 15 is 0 Å². The molecule has 276 valence electrons. The van der Waals surface area contributed by atoms with Crippen molar-refractivity contribution in [2.24, 2.45) is 0 Å². The zero-order chi connectivity index (χ0) is 36.8. The van der Waals surface area contributed by atoms with Gasteiger partial charge in [0.25, 0.3) is 0 Å². The van der Waals surface area contributed by atoms with E-state index in [1.165, 1.54) is 6.92 Å². The molecule has 3 fully saturated rings. The molecule has 2 N–H and O–H groups in total. The second-order valence-corrected chi connectivity index (χ2v) is 16.6. The van der Waals surface area contributed by atoms with Gasteiger partial charge in [0.05, 0.1) is 24.9 Å². The number of hydrogen-bond acceptors (Lipinski definition) is 12. The first-order chi connectivity index (χ1) is 21.5. The summed E-state index contributed by atoms with van der Waals surface area (Å²) >= 11 is 0. The van der Waals surface area contributed by atoms with Crippen molar-refractivity contribution >= 4 is 24.1 Å². The highest BCUT2D eigenvalue weighted by molar-refractivity contribution is 5.99. The number of hydrogen-bond donors (Lipinski definition) is 2. The molecule has 3 amide bonds. The van der Waals surface area contributed by atoms with Crippen molar-refractivity contribution < 1.29 is 62.2 Å². The quantitative estimate of drug-likeness (QED) is 0.354. The fourth-order valence-corrected chi connectivity index (χ4v) is 5.65. The van der Waals surface area contributed by atoms with Crippen LogP contribution in [0.5, 0.6) is 0 Å². The molecule has 0 radical (unpaired) electrons. The van der Waals surface area contributed by atoms with Crippen LogP contribution in [0.4, 0.5) is 9.59 Å². The van der Waals surface area contributed by atoms with Gasteiger partial charge in [-0.15, -0.1) is 0 Å². The van der Waals surface area contributed by atoms with Gasteiger partial charge in [0.2, 0.25) is 5.91 Å². The Bertz CT molecular complexity index is 1190. The van der Waals surface area contributed by atoms with Crippen LogP contribution in [-0.4, -0.2) is 118 Å². The first-order valence-corrected chi connectivity index (χ1v) is 16.3. The molecule has 0 aromatic heterocycles. The van der Waals surface area contributed by atoms with Crippen LogP contribution in [0.1, 0.15) is 103 Å². The number of aliphatic carboxylic acids is 1. The predicted octanol–water partition coefficient (Wildman–Crippen LogP) is 4.13. The zero-order valence-corrected chi connectivity index (χ0v) is 30.9. The lowest BCUT2D eigenvalue weighted by molar-refractivity contribution is -0.209. The average Bonchev–Trinajstić information content (AvgIpc) is 3.48. The van der Waals surface area contributed by atoms with Crippen LogP contribution in [-0.2, 0) is 47.5 Å². The van der Waals surface area contributed by atoms with E-state index < -0.39 is 101 Å². The third-order valence-corrected chi connectivity index (χ3v) is 7.60. The van der Waals surface area contributed by atoms with Crippen LogP contribution in [0.15, 0.2) is 0 Å². The molecule has 3 saturated heterocycles. The van der Waals surface area contributed by atoms with Gasteiger partial charge in [-0.25, -0.2) is 14.4 Å². The second-order valence-electron chi connectivity index (χ2n) is 16.6. The summed E-state index contributed by atoms with van der Waals surface area (Å²) in [4.78, 5) is 55.2. The summed E-state index contributed by atoms with van der Waals surface area (Å²) in [5.41, 5.74) is -5.06. The highest BCUT2D eigenvalue weighted by atomic mass is 16.8. The number of fused-ring (bicyclic) bond motifs is 1. The van der Waals surface area contributed by atoms with Gasteiger partial charge in [-0.3, -0.25) is 4.79 Å². The minimum Gasteiger partial charge on any atom is -0.480 e. The number of carboxylic acid groups (broad SMARTS) is 1. The number of carbonyl (C=O) groups is 4. The summed E-state index contributed by atoms with van der Waals surface area (Å²) in [5, 5.41) is 12.5. The maximum atomic E-state index is 14.5. The number of ether oxygens (including phenoxy) is 8. The first kappa shape index (κ1) is 39.9. The largest absolute Gasteiger partial charge is 0.480 e. The molecule has 0 spiro atoms. The number of nitrogens with one attached hydrogen (secondary N) is 1. The standard InChI is InChI=1S/C33H56N2O13/c1-28(2,3)41-16-18(24(36)37)34-25(38)33(14,35(26(39)47-29(4,5)6)27(40)48-30(7,8)9)15-19-22-23(46-32(12,13)45-22)21(43-19)20-17-42-31(10,11)44-20/h18-23H,15-17H2,1-14H3,(H,34,38)(H,36,37)/t18?,19-,20-,21-,22-,23+,33?/m1/s1. The maximum Gasteiger partial charge on any atom is 0.420 e. The molecule has 48 heavy (non-hydrogen) atoms. The van der Waals surface area contributed by atoms with E-state index in [0.717, 1.165) is 0 Å². The summed E-state index contributed by atoms with van der Waals surface area (Å²) in [6.45, 7) is 23.0. The summed E-state index contributed by atoms with van der Waals surface area (Å²) in [5.74, 6) is -4.30. The van der Waals surface area contributed by atoms with E-state index in [0.29, 0.717) is 4.90 Å². The predicted molar refractivity (Wildman–Crippen MR) is 170 cm³/mol. The molecule has 7 atom stereocenters. The highest BCUT2D eigenvalue weighted by Gasteiger charge is 2.62. The lowest BCUT2D eigenvalue weighted by Crippen LogP contribution is -2.65. The molecular formula is C33H56N2O13. The van der Waals surface area contributed by atoms with Gasteiger partial charge < -0.3 is 48.3 Å². The van der Waals surface area contributed by atoms with Gasteiger partial charge >= 0.3 is 18.2 Å². The monoisotopic (exact) mass is 688 g/mol. The van der Waals surface area contributed by atoms with E-state index in [4.69, 9.17) is 37.9 Å². The topological polar surface area (TPSA) is 178 Å². The molecule has 3 aliphatic heterocycles. The Kier molecular flexibility index (Phi) is 11.3. The van der Waals surface area contributed by atoms with E-state index in [-0.39, 0.29) is 13.0 Å². The maximum absolute atomic E-state index is 14.5. The fraction of sp³-hybridized carbons (Fsp3) is 0.879. The van der Waals surface area contributed by atoms with Gasteiger partial charge in [-0.1, -0.05) is 0 Å². The number of nitrogens with zero attached hydrogens (tertiary/aromatic N) is 1. The molecular weight excluding hydrogens is 632 g/mol. The second kappa shape index (κ2) is 13.6. The number of amides is 3. The minimum absolute atomic E-state index is 0.200. The Balaban J connectivity index is 2.11. The van der Waals surface area contributed by atoms with Crippen LogP contribution in [0.2, 0.25) is 0 Å². The number of carboxylic acids is 1. The molecule has 0 aliphatic carbocycles. The molecule has 15 heteroatoms. The van der Waals surface area contributed by atoms with Gasteiger partial charge in [0.1, 0.15) is 41.2 Å². The van der Waals surface area contributed by atoms with E-state index in [1.54, 1.807) is 90.0 Å². The minimum atomic E-state index is -2.16. The Morgan fingerprint density at radius 1 is 0.792 bits per heavy atom. The Morgan fingerprint density at radius 2 is 1.31 bits per heavy atom. The molecule has 3 aliphatic rings. The van der Waals surface area contributed by atoms with Gasteiger partial charge in [-0.2, -0.15) is 4.90 Å². The van der Waals surface area contributed by atoms with Crippen LogP contribution in [0, 0.1) is 0 Å². The van der Waals surface area contributed by atoms with E-state index in [9.17, 15) is 24.3 Å². The lowest BCUT2D eigenvalue weighted by atomic mass is 9.88. The molecule has 3 rings (SSSR count). The van der Waals surface area contributed by atoms with Crippen LogP contribution >= 0.6 is 0 Å². The van der Waals surface area contributed by atoms with E-state index in [2.05, 4.69) is 5.32 Å². The Labute approximate surface area is 283 Å². The van der Waals surface area contributed by atoms with Crippen molar-refractivity contribution in [1.29, 1.82) is 0 Å². The lowest BCUT2D eigenvalue weighted by Gasteiger charge is -2.41. The Morgan fingerprint density at radius 3 is 1.75 bits per heavy atom. The van der Waals surface area contributed by atoms with Crippen molar-refractivity contribution in [3.8, 4) is 0 Å². The number of rotatable bonds is 9. The first-order valence-electron chi connectivity index (χ1n) is 16.3. The average molecular weight is 689 g/mol. The van der Waals surface area contributed by atoms with Crippen LogP contribution < -0.4 is 5.32 Å².